The molecule has 12 nitrogen and oxygen atoms in total. The number of aliphatic hydroxyl groups excluding tert-OH is 1. The summed E-state index contributed by atoms with van der Waals surface area (Å²) in [5.41, 5.74) is 6.18. The Morgan fingerprint density at radius 3 is 2.27 bits per heavy atom. The molecule has 4 fully saturated rings. The fourth-order valence-corrected chi connectivity index (χ4v) is 7.95. The zero-order valence-corrected chi connectivity index (χ0v) is 31.2. The Morgan fingerprint density at radius 1 is 0.804 bits per heavy atom. The highest BCUT2D eigenvalue weighted by molar-refractivity contribution is 6.06. The largest absolute Gasteiger partial charge is 0.445 e. The second kappa shape index (κ2) is 17.0. The third-order valence-corrected chi connectivity index (χ3v) is 11.0. The molecule has 3 amide bonds. The maximum absolute atomic E-state index is 13.3. The van der Waals surface area contributed by atoms with Crippen molar-refractivity contribution in [3.05, 3.63) is 131 Å². The molecule has 4 aromatic carbocycles. The molecule has 4 heterocycles. The zero-order chi connectivity index (χ0) is 38.5. The van der Waals surface area contributed by atoms with Crippen LogP contribution < -0.4 is 5.32 Å². The van der Waals surface area contributed by atoms with Crippen LogP contribution in [0.3, 0.4) is 0 Å². The van der Waals surface area contributed by atoms with E-state index in [1.165, 1.54) is 4.90 Å². The highest BCUT2D eigenvalue weighted by atomic mass is 16.7. The van der Waals surface area contributed by atoms with E-state index in [2.05, 4.69) is 16.3 Å². The minimum Gasteiger partial charge on any atom is -0.445 e. The number of amides is 3. The first kappa shape index (κ1) is 37.9. The maximum Gasteiger partial charge on any atom is 0.408 e. The van der Waals surface area contributed by atoms with Gasteiger partial charge in [0.05, 0.1) is 45.0 Å². The van der Waals surface area contributed by atoms with Crippen LogP contribution in [0.15, 0.2) is 103 Å². The molecule has 4 aliphatic rings. The van der Waals surface area contributed by atoms with Crippen molar-refractivity contribution in [2.24, 2.45) is 0 Å². The smallest absolute Gasteiger partial charge is 0.408 e. The molecular formula is C44H47N3O9. The minimum absolute atomic E-state index is 0.0214. The number of benzene rings is 4. The molecule has 0 aliphatic carbocycles. The van der Waals surface area contributed by atoms with Crippen molar-refractivity contribution in [1.82, 2.24) is 15.1 Å². The van der Waals surface area contributed by atoms with Gasteiger partial charge in [0.2, 0.25) is 5.91 Å². The monoisotopic (exact) mass is 761 g/mol. The van der Waals surface area contributed by atoms with Crippen molar-refractivity contribution in [1.29, 1.82) is 0 Å². The molecule has 0 saturated carbocycles. The highest BCUT2D eigenvalue weighted by Crippen LogP contribution is 2.40. The summed E-state index contributed by atoms with van der Waals surface area (Å²) in [6.45, 7) is 3.89. The van der Waals surface area contributed by atoms with Gasteiger partial charge in [-0.2, -0.15) is 0 Å². The fraction of sp³-hybridized carbons (Fsp3) is 0.386. The number of ether oxygens (including phenoxy) is 5. The second-order valence-corrected chi connectivity index (χ2v) is 14.9. The van der Waals surface area contributed by atoms with E-state index in [0.29, 0.717) is 19.6 Å². The van der Waals surface area contributed by atoms with Crippen LogP contribution in [0, 0.1) is 0 Å². The average Bonchev–Trinajstić information content (AvgIpc) is 3.80. The Balaban J connectivity index is 0.939. The number of nitrogens with one attached hydrogen (secondary N) is 1. The average molecular weight is 762 g/mol. The van der Waals surface area contributed by atoms with E-state index < -0.39 is 30.1 Å². The molecule has 2 N–H and O–H groups in total. The van der Waals surface area contributed by atoms with Crippen LogP contribution in [0.1, 0.15) is 65.9 Å². The van der Waals surface area contributed by atoms with Crippen molar-refractivity contribution < 1.29 is 43.2 Å². The molecule has 4 aromatic rings. The number of hydrogen-bond donors (Lipinski definition) is 2. The van der Waals surface area contributed by atoms with Gasteiger partial charge in [-0.05, 0) is 45.5 Å². The molecule has 4 saturated heterocycles. The molecule has 0 aromatic heterocycles. The van der Waals surface area contributed by atoms with Gasteiger partial charge in [0.15, 0.2) is 12.1 Å². The normalized spacial score (nSPS) is 23.8. The van der Waals surface area contributed by atoms with Crippen LogP contribution in [-0.2, 0) is 53.0 Å². The SMILES string of the molecule is O=C(NC1CC(=O)N(Cc2cccc(-c3cccc(C4OC(CN5CCC6(CC5)OCCO6)CC(c5ccc(CO)cc5)O4)c3)c2)C1=O)OCc1ccccc1. The first-order valence-corrected chi connectivity index (χ1v) is 19.3. The number of carbonyl (C=O) groups excluding carboxylic acids is 3. The number of aliphatic hydroxyl groups is 1. The molecule has 4 aliphatic heterocycles. The van der Waals surface area contributed by atoms with Crippen molar-refractivity contribution in [3.8, 4) is 11.1 Å². The van der Waals surface area contributed by atoms with E-state index in [0.717, 1.165) is 71.4 Å². The molecule has 292 valence electrons. The molecule has 4 atom stereocenters. The summed E-state index contributed by atoms with van der Waals surface area (Å²) < 4.78 is 30.5. The summed E-state index contributed by atoms with van der Waals surface area (Å²) in [7, 11) is 0. The summed E-state index contributed by atoms with van der Waals surface area (Å²) in [6, 6.07) is 31.9. The van der Waals surface area contributed by atoms with Gasteiger partial charge in [-0.1, -0.05) is 91.0 Å². The van der Waals surface area contributed by atoms with Gasteiger partial charge in [-0.3, -0.25) is 14.5 Å². The molecule has 4 unspecified atom stereocenters. The van der Waals surface area contributed by atoms with Crippen molar-refractivity contribution in [2.75, 3.05) is 32.8 Å². The standard InChI is InChI=1S/C44H47N3O9/c48-28-30-12-14-33(15-13-30)39-24-37(27-46-18-16-44(17-19-46)53-20-21-54-44)55-42(56-39)36-11-5-10-35(23-36)34-9-4-8-32(22-34)26-47-40(49)25-38(41(47)50)45-43(51)52-29-31-6-2-1-3-7-31/h1-15,22-23,37-39,42,48H,16-21,24-29H2,(H,45,51). The predicted molar refractivity (Wildman–Crippen MR) is 204 cm³/mol. The van der Waals surface area contributed by atoms with E-state index in [4.69, 9.17) is 23.7 Å². The number of likely N-dealkylation sites (tertiary alicyclic amines) is 2. The Bertz CT molecular complexity index is 1990. The Morgan fingerprint density at radius 2 is 1.52 bits per heavy atom. The summed E-state index contributed by atoms with van der Waals surface area (Å²) >= 11 is 0. The van der Waals surface area contributed by atoms with Crippen molar-refractivity contribution >= 4 is 17.9 Å². The lowest BCUT2D eigenvalue weighted by atomic mass is 9.97. The topological polar surface area (TPSA) is 136 Å². The van der Waals surface area contributed by atoms with E-state index in [1.54, 1.807) is 0 Å². The molecule has 1 spiro atoms. The number of rotatable bonds is 11. The predicted octanol–water partition coefficient (Wildman–Crippen LogP) is 5.78. The lowest BCUT2D eigenvalue weighted by Crippen LogP contribution is -2.48. The quantitative estimate of drug-likeness (QED) is 0.181. The third kappa shape index (κ3) is 8.86. The Hall–Kier alpha value is -4.95. The summed E-state index contributed by atoms with van der Waals surface area (Å²) in [6.07, 6.45) is 0.532. The first-order valence-electron chi connectivity index (χ1n) is 19.3. The molecule has 12 heteroatoms. The number of piperidine rings is 1. The van der Waals surface area contributed by atoms with Gasteiger partial charge in [-0.25, -0.2) is 4.79 Å². The first-order chi connectivity index (χ1) is 27.3. The molecule has 0 radical (unpaired) electrons. The van der Waals surface area contributed by atoms with Crippen LogP contribution in [0.4, 0.5) is 4.79 Å². The van der Waals surface area contributed by atoms with Crippen molar-refractivity contribution in [2.45, 2.75) is 75.8 Å². The van der Waals surface area contributed by atoms with Gasteiger partial charge in [0.1, 0.15) is 12.6 Å². The Kier molecular flexibility index (Phi) is 11.6. The second-order valence-electron chi connectivity index (χ2n) is 14.9. The lowest BCUT2D eigenvalue weighted by Gasteiger charge is -2.41. The van der Waals surface area contributed by atoms with Gasteiger partial charge >= 0.3 is 6.09 Å². The van der Waals surface area contributed by atoms with E-state index in [-0.39, 0.29) is 44.3 Å². The number of carbonyl (C=O) groups is 3. The van der Waals surface area contributed by atoms with Gasteiger partial charge in [0.25, 0.3) is 5.91 Å². The van der Waals surface area contributed by atoms with E-state index in [1.807, 2.05) is 97.1 Å². The van der Waals surface area contributed by atoms with Crippen LogP contribution in [0.25, 0.3) is 11.1 Å². The van der Waals surface area contributed by atoms with Crippen LogP contribution >= 0.6 is 0 Å². The van der Waals surface area contributed by atoms with E-state index in [9.17, 15) is 19.5 Å². The van der Waals surface area contributed by atoms with E-state index >= 15 is 0 Å². The zero-order valence-electron chi connectivity index (χ0n) is 31.2. The van der Waals surface area contributed by atoms with Gasteiger partial charge in [-0.15, -0.1) is 0 Å². The van der Waals surface area contributed by atoms with Crippen LogP contribution in [-0.4, -0.2) is 83.6 Å². The number of imide groups is 1. The van der Waals surface area contributed by atoms with Gasteiger partial charge in [0, 0.05) is 44.5 Å². The number of hydrogen-bond acceptors (Lipinski definition) is 10. The molecule has 56 heavy (non-hydrogen) atoms. The fourth-order valence-electron chi connectivity index (χ4n) is 7.95. The minimum atomic E-state index is -0.983. The summed E-state index contributed by atoms with van der Waals surface area (Å²) in [4.78, 5) is 42.3. The maximum atomic E-state index is 13.3. The molecule has 0 bridgehead atoms. The van der Waals surface area contributed by atoms with Crippen molar-refractivity contribution in [3.63, 3.8) is 0 Å². The molecular weight excluding hydrogens is 714 g/mol. The van der Waals surface area contributed by atoms with Crippen LogP contribution in [0.2, 0.25) is 0 Å². The molecule has 8 rings (SSSR count). The van der Waals surface area contributed by atoms with Gasteiger partial charge < -0.3 is 39.0 Å². The highest BCUT2D eigenvalue weighted by Gasteiger charge is 2.42. The Labute approximate surface area is 326 Å². The number of alkyl carbamates (subject to hydrolysis) is 1. The number of nitrogens with zero attached hydrogens (tertiary/aromatic N) is 2. The van der Waals surface area contributed by atoms with Crippen LogP contribution in [0.5, 0.6) is 0 Å². The lowest BCUT2D eigenvalue weighted by molar-refractivity contribution is -0.255. The summed E-state index contributed by atoms with van der Waals surface area (Å²) in [5, 5.41) is 12.2. The summed E-state index contributed by atoms with van der Waals surface area (Å²) in [5.74, 6) is -1.27. The third-order valence-electron chi connectivity index (χ3n) is 11.0.